The van der Waals surface area contributed by atoms with Crippen molar-refractivity contribution in [2.45, 2.75) is 34.1 Å². The average Bonchev–Trinajstić information content (AvgIpc) is 3.14. The van der Waals surface area contributed by atoms with E-state index in [2.05, 4.69) is 47.1 Å². The van der Waals surface area contributed by atoms with Crippen molar-refractivity contribution in [3.63, 3.8) is 0 Å². The quantitative estimate of drug-likeness (QED) is 0.774. The summed E-state index contributed by atoms with van der Waals surface area (Å²) in [5.41, 5.74) is 5.00. The molecular weight excluding hydrogens is 329 g/mol. The number of halogens is 1. The summed E-state index contributed by atoms with van der Waals surface area (Å²) in [5.74, 6) is 0.314. The molecule has 0 atom stereocenters. The topological polar surface area (TPSA) is 55.1 Å². The first-order chi connectivity index (χ1) is 12.3. The standard InChI is InChI=1S/C20H22FN5/c1-12-9-26-10-13(7-16(21)18(26)24-12)14-5-6-17-15(14)8-22-19(25-17)23-11-20(2,3)4/h5,7-10H,6,11H2,1-4H3,(H,22,23,25). The van der Waals surface area contributed by atoms with Crippen LogP contribution in [0.4, 0.5) is 10.3 Å². The highest BCUT2D eigenvalue weighted by molar-refractivity contribution is 5.84. The minimum absolute atomic E-state index is 0.154. The number of anilines is 1. The number of nitrogens with one attached hydrogen (secondary N) is 1. The van der Waals surface area contributed by atoms with Crippen LogP contribution in [0.15, 0.2) is 30.7 Å². The SMILES string of the molecule is Cc1cn2cc(C3=CCc4nc(NCC(C)(C)C)ncc43)cc(F)c2n1. The zero-order chi connectivity index (χ0) is 18.5. The van der Waals surface area contributed by atoms with Gasteiger partial charge in [-0.2, -0.15) is 0 Å². The van der Waals surface area contributed by atoms with Gasteiger partial charge in [-0.15, -0.1) is 0 Å². The van der Waals surface area contributed by atoms with Crippen LogP contribution in [0.2, 0.25) is 0 Å². The lowest BCUT2D eigenvalue weighted by molar-refractivity contribution is 0.441. The van der Waals surface area contributed by atoms with Crippen molar-refractivity contribution in [3.8, 4) is 0 Å². The van der Waals surface area contributed by atoms with Crippen LogP contribution in [0, 0.1) is 18.2 Å². The van der Waals surface area contributed by atoms with Crippen molar-refractivity contribution < 1.29 is 4.39 Å². The fourth-order valence-electron chi connectivity index (χ4n) is 3.14. The Morgan fingerprint density at radius 2 is 2.04 bits per heavy atom. The van der Waals surface area contributed by atoms with E-state index in [0.717, 1.165) is 41.1 Å². The van der Waals surface area contributed by atoms with E-state index in [0.29, 0.717) is 11.6 Å². The van der Waals surface area contributed by atoms with E-state index in [4.69, 9.17) is 0 Å². The van der Waals surface area contributed by atoms with Crippen LogP contribution in [0.25, 0.3) is 11.2 Å². The molecule has 6 heteroatoms. The minimum Gasteiger partial charge on any atom is -0.354 e. The Kier molecular flexibility index (Phi) is 3.79. The van der Waals surface area contributed by atoms with E-state index in [-0.39, 0.29) is 11.2 Å². The van der Waals surface area contributed by atoms with Crippen LogP contribution in [0.5, 0.6) is 0 Å². The van der Waals surface area contributed by atoms with Gasteiger partial charge in [0.05, 0.1) is 11.4 Å². The van der Waals surface area contributed by atoms with Crippen molar-refractivity contribution >= 4 is 17.2 Å². The van der Waals surface area contributed by atoms with Gasteiger partial charge in [-0.25, -0.2) is 19.3 Å². The number of aromatic nitrogens is 4. The summed E-state index contributed by atoms with van der Waals surface area (Å²) in [6.45, 7) is 9.14. The van der Waals surface area contributed by atoms with Gasteiger partial charge in [0.1, 0.15) is 0 Å². The highest BCUT2D eigenvalue weighted by Gasteiger charge is 2.20. The van der Waals surface area contributed by atoms with Gasteiger partial charge >= 0.3 is 0 Å². The Bertz CT molecular complexity index is 1030. The van der Waals surface area contributed by atoms with Crippen molar-refractivity contribution in [1.82, 2.24) is 19.4 Å². The predicted octanol–water partition coefficient (Wildman–Crippen LogP) is 4.02. The first-order valence-electron chi connectivity index (χ1n) is 8.76. The molecule has 4 rings (SSSR count). The summed E-state index contributed by atoms with van der Waals surface area (Å²) in [4.78, 5) is 13.3. The molecule has 0 radical (unpaired) electrons. The van der Waals surface area contributed by atoms with E-state index in [1.54, 1.807) is 4.40 Å². The van der Waals surface area contributed by atoms with Crippen molar-refractivity contribution in [2.75, 3.05) is 11.9 Å². The van der Waals surface area contributed by atoms with Gasteiger partial charge in [-0.3, -0.25) is 0 Å². The van der Waals surface area contributed by atoms with Crippen LogP contribution in [-0.2, 0) is 6.42 Å². The molecule has 3 aromatic rings. The predicted molar refractivity (Wildman–Crippen MR) is 101 cm³/mol. The smallest absolute Gasteiger partial charge is 0.222 e. The van der Waals surface area contributed by atoms with Crippen LogP contribution < -0.4 is 5.32 Å². The maximum absolute atomic E-state index is 14.4. The number of hydrogen-bond donors (Lipinski definition) is 1. The molecule has 0 amide bonds. The fraction of sp³-hybridized carbons (Fsp3) is 0.350. The molecule has 0 bridgehead atoms. The number of imidazole rings is 1. The Labute approximate surface area is 152 Å². The molecule has 0 aliphatic heterocycles. The van der Waals surface area contributed by atoms with E-state index < -0.39 is 0 Å². The van der Waals surface area contributed by atoms with Gasteiger partial charge in [-0.1, -0.05) is 26.8 Å². The molecule has 1 aliphatic carbocycles. The molecule has 5 nitrogen and oxygen atoms in total. The molecule has 0 aromatic carbocycles. The van der Waals surface area contributed by atoms with Crippen molar-refractivity contribution in [2.24, 2.45) is 5.41 Å². The Hall–Kier alpha value is -2.76. The van der Waals surface area contributed by atoms with Crippen LogP contribution in [0.1, 0.15) is 43.3 Å². The molecule has 0 saturated carbocycles. The molecule has 26 heavy (non-hydrogen) atoms. The third-order valence-corrected chi connectivity index (χ3v) is 4.37. The van der Waals surface area contributed by atoms with Gasteiger partial charge in [0.15, 0.2) is 11.5 Å². The molecule has 0 unspecified atom stereocenters. The second kappa shape index (κ2) is 5.90. The molecule has 0 spiro atoms. The Balaban J connectivity index is 1.65. The minimum atomic E-state index is -0.325. The molecule has 1 aliphatic rings. The molecule has 3 aromatic heterocycles. The largest absolute Gasteiger partial charge is 0.354 e. The zero-order valence-electron chi connectivity index (χ0n) is 15.5. The lowest BCUT2D eigenvalue weighted by atomic mass is 9.97. The van der Waals surface area contributed by atoms with Gasteiger partial charge < -0.3 is 9.72 Å². The Morgan fingerprint density at radius 1 is 1.23 bits per heavy atom. The fourth-order valence-corrected chi connectivity index (χ4v) is 3.14. The molecule has 3 heterocycles. The van der Waals surface area contributed by atoms with Gasteiger partial charge in [0.2, 0.25) is 5.95 Å². The summed E-state index contributed by atoms with van der Waals surface area (Å²) < 4.78 is 16.1. The lowest BCUT2D eigenvalue weighted by Crippen LogP contribution is -2.20. The van der Waals surface area contributed by atoms with Gasteiger partial charge in [-0.05, 0) is 24.0 Å². The summed E-state index contributed by atoms with van der Waals surface area (Å²) in [6, 6.07) is 1.54. The maximum Gasteiger partial charge on any atom is 0.222 e. The van der Waals surface area contributed by atoms with Gasteiger partial charge in [0.25, 0.3) is 0 Å². The van der Waals surface area contributed by atoms with Crippen LogP contribution in [0.3, 0.4) is 0 Å². The number of rotatable bonds is 3. The van der Waals surface area contributed by atoms with Crippen molar-refractivity contribution in [3.05, 3.63) is 59.1 Å². The normalized spacial score (nSPS) is 13.8. The third-order valence-electron chi connectivity index (χ3n) is 4.37. The van der Waals surface area contributed by atoms with E-state index in [9.17, 15) is 4.39 Å². The zero-order valence-corrected chi connectivity index (χ0v) is 15.5. The van der Waals surface area contributed by atoms with Gasteiger partial charge in [0, 0.05) is 42.7 Å². The number of hydrogen-bond acceptors (Lipinski definition) is 4. The van der Waals surface area contributed by atoms with E-state index >= 15 is 0 Å². The summed E-state index contributed by atoms with van der Waals surface area (Å²) in [7, 11) is 0. The molecule has 134 valence electrons. The molecular formula is C20H22FN5. The molecule has 0 saturated heterocycles. The summed E-state index contributed by atoms with van der Waals surface area (Å²) in [5, 5.41) is 3.29. The third kappa shape index (κ3) is 3.07. The first-order valence-corrected chi connectivity index (χ1v) is 8.76. The second-order valence-corrected chi connectivity index (χ2v) is 7.98. The average molecular weight is 351 g/mol. The maximum atomic E-state index is 14.4. The second-order valence-electron chi connectivity index (χ2n) is 7.98. The number of fused-ring (bicyclic) bond motifs is 2. The summed E-state index contributed by atoms with van der Waals surface area (Å²) in [6.07, 6.45) is 8.37. The Morgan fingerprint density at radius 3 is 2.81 bits per heavy atom. The molecule has 0 fully saturated rings. The first kappa shape index (κ1) is 16.7. The highest BCUT2D eigenvalue weighted by Crippen LogP contribution is 2.32. The highest BCUT2D eigenvalue weighted by atomic mass is 19.1. The summed E-state index contributed by atoms with van der Waals surface area (Å²) >= 11 is 0. The number of aryl methyl sites for hydroxylation is 1. The van der Waals surface area contributed by atoms with Crippen LogP contribution >= 0.6 is 0 Å². The lowest BCUT2D eigenvalue weighted by Gasteiger charge is -2.18. The number of allylic oxidation sites excluding steroid dienone is 1. The van der Waals surface area contributed by atoms with E-state index in [1.165, 1.54) is 6.07 Å². The molecule has 1 N–H and O–H groups in total. The van der Waals surface area contributed by atoms with Crippen molar-refractivity contribution in [1.29, 1.82) is 0 Å². The van der Waals surface area contributed by atoms with Crippen LogP contribution in [-0.4, -0.2) is 25.9 Å². The monoisotopic (exact) mass is 351 g/mol. The number of nitrogens with zero attached hydrogens (tertiary/aromatic N) is 4. The number of pyridine rings is 1. The van der Waals surface area contributed by atoms with E-state index in [1.807, 2.05) is 25.5 Å².